The van der Waals surface area contributed by atoms with Crippen LogP contribution in [-0.2, 0) is 16.0 Å². The van der Waals surface area contributed by atoms with Gasteiger partial charge in [0.1, 0.15) is 0 Å². The van der Waals surface area contributed by atoms with Gasteiger partial charge in [-0.3, -0.25) is 9.59 Å². The van der Waals surface area contributed by atoms with E-state index >= 15 is 0 Å². The van der Waals surface area contributed by atoms with Gasteiger partial charge in [0.15, 0.2) is 0 Å². The molecule has 45 heavy (non-hydrogen) atoms. The molecule has 0 spiro atoms. The van der Waals surface area contributed by atoms with E-state index in [1.54, 1.807) is 6.08 Å². The van der Waals surface area contributed by atoms with Crippen molar-refractivity contribution < 1.29 is 19.8 Å². The summed E-state index contributed by atoms with van der Waals surface area (Å²) in [5.74, 6) is 2.69. The van der Waals surface area contributed by atoms with Crippen LogP contribution in [0.3, 0.4) is 0 Å². The van der Waals surface area contributed by atoms with Gasteiger partial charge in [-0.2, -0.15) is 0 Å². The van der Waals surface area contributed by atoms with Crippen molar-refractivity contribution in [3.05, 3.63) is 54.1 Å². The Morgan fingerprint density at radius 2 is 1.49 bits per heavy atom. The lowest BCUT2D eigenvalue weighted by Gasteiger charge is -2.64. The minimum Gasteiger partial charge on any atom is -0.481 e. The highest BCUT2D eigenvalue weighted by atomic mass is 16.4. The van der Waals surface area contributed by atoms with E-state index in [2.05, 4.69) is 70.5 Å². The van der Waals surface area contributed by atoms with E-state index < -0.39 is 17.4 Å². The largest absolute Gasteiger partial charge is 0.481 e. The number of aliphatic carboxylic acids is 2. The summed E-state index contributed by atoms with van der Waals surface area (Å²) in [5.41, 5.74) is 3.83. The molecule has 0 saturated heterocycles. The molecule has 4 nitrogen and oxygen atoms in total. The smallest absolute Gasteiger partial charge is 0.309 e. The van der Waals surface area contributed by atoms with Crippen LogP contribution in [0.15, 0.2) is 43.0 Å². The molecular formula is C41H60O4. The Kier molecular flexibility index (Phi) is 12.4. The quantitative estimate of drug-likeness (QED) is 0.255. The van der Waals surface area contributed by atoms with E-state index in [1.165, 1.54) is 36.8 Å². The molecule has 6 rings (SSSR count). The molecule has 6 unspecified atom stereocenters. The van der Waals surface area contributed by atoms with Crippen molar-refractivity contribution >= 4 is 17.5 Å². The van der Waals surface area contributed by atoms with E-state index in [0.29, 0.717) is 29.6 Å². The highest BCUT2D eigenvalue weighted by molar-refractivity contribution is 5.76. The second-order valence-electron chi connectivity index (χ2n) is 14.9. The summed E-state index contributed by atoms with van der Waals surface area (Å²) < 4.78 is 0. The minimum absolute atomic E-state index is 0.0911. The molecule has 0 radical (unpaired) electrons. The Morgan fingerprint density at radius 1 is 0.889 bits per heavy atom. The topological polar surface area (TPSA) is 74.6 Å². The number of hydrogen-bond donors (Lipinski definition) is 2. The van der Waals surface area contributed by atoms with Gasteiger partial charge in [-0.25, -0.2) is 0 Å². The zero-order valence-electron chi connectivity index (χ0n) is 29.0. The number of carboxylic acid groups (broad SMARTS) is 2. The van der Waals surface area contributed by atoms with E-state index in [1.807, 2.05) is 20.8 Å². The fourth-order valence-corrected chi connectivity index (χ4v) is 11.2. The fraction of sp³-hybridized carbons (Fsp3) is 0.659. The van der Waals surface area contributed by atoms with Crippen molar-refractivity contribution in [1.29, 1.82) is 0 Å². The zero-order valence-corrected chi connectivity index (χ0v) is 29.0. The predicted molar refractivity (Wildman–Crippen MR) is 187 cm³/mol. The molecule has 4 fully saturated rings. The van der Waals surface area contributed by atoms with Crippen molar-refractivity contribution in [3.8, 4) is 12.8 Å². The number of rotatable bonds is 5. The Morgan fingerprint density at radius 3 is 2.09 bits per heavy atom. The average molecular weight is 617 g/mol. The fourth-order valence-electron chi connectivity index (χ4n) is 11.2. The number of allylic oxidation sites excluding steroid dienone is 3. The second-order valence-corrected chi connectivity index (χ2v) is 14.9. The van der Waals surface area contributed by atoms with Gasteiger partial charge < -0.3 is 10.2 Å². The molecule has 5 aliphatic rings. The zero-order chi connectivity index (χ0) is 33.6. The lowest BCUT2D eigenvalue weighted by molar-refractivity contribution is -0.166. The number of terminal acetylenes is 1. The summed E-state index contributed by atoms with van der Waals surface area (Å²) in [6.07, 6.45) is 24.5. The van der Waals surface area contributed by atoms with E-state index in [-0.39, 0.29) is 11.8 Å². The van der Waals surface area contributed by atoms with Gasteiger partial charge in [0.05, 0.1) is 5.41 Å². The average Bonchev–Trinajstić information content (AvgIpc) is 3.49. The van der Waals surface area contributed by atoms with Gasteiger partial charge in [-0.15, -0.1) is 19.4 Å². The third-order valence-corrected chi connectivity index (χ3v) is 12.8. The monoisotopic (exact) mass is 616 g/mol. The molecule has 8 atom stereocenters. The summed E-state index contributed by atoms with van der Waals surface area (Å²) in [4.78, 5) is 23.4. The molecule has 0 aromatic heterocycles. The number of benzene rings is 1. The summed E-state index contributed by atoms with van der Waals surface area (Å²) in [7, 11) is 0. The minimum atomic E-state index is -0.744. The van der Waals surface area contributed by atoms with Crippen LogP contribution in [-0.4, -0.2) is 22.2 Å². The molecular weight excluding hydrogens is 556 g/mol. The molecule has 4 saturated carbocycles. The van der Waals surface area contributed by atoms with Crippen LogP contribution in [0.2, 0.25) is 0 Å². The van der Waals surface area contributed by atoms with Crippen LogP contribution in [0.25, 0.3) is 5.57 Å². The van der Waals surface area contributed by atoms with Crippen molar-refractivity contribution in [2.24, 2.45) is 51.8 Å². The first-order valence-corrected chi connectivity index (χ1v) is 17.6. The maximum Gasteiger partial charge on any atom is 0.309 e. The van der Waals surface area contributed by atoms with Gasteiger partial charge in [-0.1, -0.05) is 77.5 Å². The van der Waals surface area contributed by atoms with E-state index in [4.69, 9.17) is 5.11 Å². The Hall–Kier alpha value is -2.80. The Balaban J connectivity index is 0.000000733. The lowest BCUT2D eigenvalue weighted by Crippen LogP contribution is -2.57. The van der Waals surface area contributed by atoms with Crippen LogP contribution in [0, 0.1) is 64.6 Å². The summed E-state index contributed by atoms with van der Waals surface area (Å²) in [6, 6.07) is 8.65. The van der Waals surface area contributed by atoms with Crippen molar-refractivity contribution in [1.82, 2.24) is 0 Å². The van der Waals surface area contributed by atoms with Crippen molar-refractivity contribution in [2.75, 3.05) is 0 Å². The predicted octanol–water partition coefficient (Wildman–Crippen LogP) is 10.3. The molecule has 0 amide bonds. The van der Waals surface area contributed by atoms with Gasteiger partial charge in [-0.05, 0) is 134 Å². The van der Waals surface area contributed by atoms with Crippen molar-refractivity contribution in [2.45, 2.75) is 119 Å². The first-order chi connectivity index (χ1) is 21.5. The molecule has 0 heterocycles. The number of hydrogen-bond acceptors (Lipinski definition) is 2. The highest BCUT2D eigenvalue weighted by Crippen LogP contribution is 2.69. The van der Waals surface area contributed by atoms with Crippen LogP contribution < -0.4 is 0 Å². The SMILES string of the molecule is C#C.C=CC.CC.CC1(C)C(c2ccc(CCC(=O)O)cc2)=CC[C@]2(C)C3CCC4C(CC[C@@]5(C(=O)O)CCCC45)C3CCC12. The van der Waals surface area contributed by atoms with Crippen LogP contribution in [0.4, 0.5) is 0 Å². The first-order valence-electron chi connectivity index (χ1n) is 17.6. The maximum absolute atomic E-state index is 12.4. The summed E-state index contributed by atoms with van der Waals surface area (Å²) in [6.45, 7) is 16.8. The molecule has 248 valence electrons. The van der Waals surface area contributed by atoms with Gasteiger partial charge in [0.25, 0.3) is 0 Å². The van der Waals surface area contributed by atoms with Gasteiger partial charge in [0.2, 0.25) is 0 Å². The Bertz CT molecular complexity index is 1220. The molecule has 2 N–H and O–H groups in total. The molecule has 1 aromatic carbocycles. The number of carbonyl (C=O) groups is 2. The van der Waals surface area contributed by atoms with Gasteiger partial charge in [0, 0.05) is 6.42 Å². The molecule has 1 aromatic rings. The number of carboxylic acids is 2. The van der Waals surface area contributed by atoms with Crippen LogP contribution >= 0.6 is 0 Å². The normalized spacial score (nSPS) is 35.2. The molecule has 4 heteroatoms. The summed E-state index contributed by atoms with van der Waals surface area (Å²) >= 11 is 0. The lowest BCUT2D eigenvalue weighted by atomic mass is 9.40. The third-order valence-electron chi connectivity index (χ3n) is 12.8. The van der Waals surface area contributed by atoms with Crippen LogP contribution in [0.5, 0.6) is 0 Å². The molecule has 0 bridgehead atoms. The van der Waals surface area contributed by atoms with Gasteiger partial charge >= 0.3 is 11.9 Å². The maximum atomic E-state index is 12.4. The van der Waals surface area contributed by atoms with E-state index in [0.717, 1.165) is 61.8 Å². The first kappa shape index (κ1) is 36.7. The standard InChI is InChI=1S/C34H46O4.C3H6.C2H6.C2H2/c1-32(2)26(22-9-6-21(7-10-22)8-15-30(35)36)17-19-33(3)27-13-11-25-23(24(27)12-14-29(32)33)16-20-34(31(37)38)18-4-5-28(25)34;1-3-2;2*1-2/h6-7,9-10,17,23-25,27-29H,4-5,8,11-16,18-20H2,1-3H3,(H,35,36)(H,37,38);3H,1H2,2H3;1-2H3;1-2H/t23?,24?,25?,27?,28?,29?,33-,34+;;;/m1.../s1. The number of fused-ring (bicyclic) bond motifs is 7. The van der Waals surface area contributed by atoms with E-state index in [9.17, 15) is 14.7 Å². The second kappa shape index (κ2) is 15.2. The highest BCUT2D eigenvalue weighted by Gasteiger charge is 2.63. The van der Waals surface area contributed by atoms with Crippen LogP contribution in [0.1, 0.15) is 123 Å². The molecule has 0 aliphatic heterocycles. The Labute approximate surface area is 274 Å². The summed E-state index contributed by atoms with van der Waals surface area (Å²) in [5, 5.41) is 19.3. The molecule has 5 aliphatic carbocycles. The third kappa shape index (κ3) is 6.70. The number of aryl methyl sites for hydroxylation is 1. The van der Waals surface area contributed by atoms with Crippen molar-refractivity contribution in [3.63, 3.8) is 0 Å².